The molecule has 0 aliphatic heterocycles. The number of rotatable bonds is 4. The summed E-state index contributed by atoms with van der Waals surface area (Å²) in [6.07, 6.45) is 2.78. The van der Waals surface area contributed by atoms with Gasteiger partial charge in [-0.05, 0) is 11.3 Å². The molecule has 2 heteroatoms. The van der Waals surface area contributed by atoms with Gasteiger partial charge in [-0.25, -0.2) is 0 Å². The normalized spacial score (nSPS) is 9.25. The lowest BCUT2D eigenvalue weighted by Gasteiger charge is -1.94. The molecule has 0 fully saturated rings. The van der Waals surface area contributed by atoms with Crippen molar-refractivity contribution in [2.75, 3.05) is 6.61 Å². The molecule has 0 unspecified atom stereocenters. The summed E-state index contributed by atoms with van der Waals surface area (Å²) in [6, 6.07) is 0. The summed E-state index contributed by atoms with van der Waals surface area (Å²) in [4.78, 5) is 0.995. The van der Waals surface area contributed by atoms with Crippen molar-refractivity contribution in [1.82, 2.24) is 0 Å². The van der Waals surface area contributed by atoms with Crippen LogP contribution in [0.2, 0.25) is 0 Å². The Morgan fingerprint density at radius 1 is 1.50 bits per heavy atom. The van der Waals surface area contributed by atoms with Crippen molar-refractivity contribution in [2.24, 2.45) is 0 Å². The van der Waals surface area contributed by atoms with E-state index >= 15 is 0 Å². The van der Waals surface area contributed by atoms with Crippen molar-refractivity contribution >= 4 is 17.1 Å². The zero-order valence-corrected chi connectivity index (χ0v) is 6.00. The van der Waals surface area contributed by atoms with Crippen LogP contribution in [-0.4, -0.2) is 16.6 Å². The molecule has 0 radical (unpaired) electrons. The summed E-state index contributed by atoms with van der Waals surface area (Å²) in [7, 11) is 0. The smallest absolute Gasteiger partial charge is 0.0476 e. The highest BCUT2D eigenvalue weighted by atomic mass is 32.1. The van der Waals surface area contributed by atoms with Gasteiger partial charge < -0.3 is 5.11 Å². The van der Waals surface area contributed by atoms with Crippen molar-refractivity contribution in [2.45, 2.75) is 26.2 Å². The average molecular weight is 132 g/mol. The maximum absolute atomic E-state index is 8.38. The molecule has 0 aliphatic rings. The molecular formula is C6H12OS. The molecule has 0 bridgehead atoms. The van der Waals surface area contributed by atoms with E-state index in [4.69, 9.17) is 17.3 Å². The summed E-state index contributed by atoms with van der Waals surface area (Å²) >= 11 is 4.89. The van der Waals surface area contributed by atoms with Gasteiger partial charge in [0.15, 0.2) is 0 Å². The lowest BCUT2D eigenvalue weighted by molar-refractivity contribution is 0.307. The van der Waals surface area contributed by atoms with Gasteiger partial charge in [-0.1, -0.05) is 25.6 Å². The van der Waals surface area contributed by atoms with E-state index in [9.17, 15) is 0 Å². The van der Waals surface area contributed by atoms with Crippen molar-refractivity contribution < 1.29 is 5.11 Å². The second kappa shape index (κ2) is 5.19. The van der Waals surface area contributed by atoms with Gasteiger partial charge in [-0.15, -0.1) is 0 Å². The summed E-state index contributed by atoms with van der Waals surface area (Å²) in [6.45, 7) is 2.29. The van der Waals surface area contributed by atoms with Crippen molar-refractivity contribution in [3.63, 3.8) is 0 Å². The lowest BCUT2D eigenvalue weighted by atomic mass is 10.2. The van der Waals surface area contributed by atoms with E-state index in [-0.39, 0.29) is 6.61 Å². The molecule has 0 aromatic carbocycles. The third-order valence-corrected chi connectivity index (χ3v) is 1.33. The monoisotopic (exact) mass is 132 g/mol. The number of hydrogen-bond acceptors (Lipinski definition) is 2. The lowest BCUT2D eigenvalue weighted by Crippen LogP contribution is -1.95. The van der Waals surface area contributed by atoms with Crippen LogP contribution in [0.1, 0.15) is 26.2 Å². The first-order valence-corrected chi connectivity index (χ1v) is 3.34. The summed E-state index contributed by atoms with van der Waals surface area (Å²) in [5, 5.41) is 8.38. The Bertz CT molecular complexity index is 62.9. The third kappa shape index (κ3) is 4.22. The highest BCUT2D eigenvalue weighted by Crippen LogP contribution is 1.95. The SMILES string of the molecule is CCCC(=S)CCO. The fraction of sp³-hybridized carbons (Fsp3) is 0.833. The largest absolute Gasteiger partial charge is 0.396 e. The van der Waals surface area contributed by atoms with Gasteiger partial charge in [0.25, 0.3) is 0 Å². The molecule has 1 N–H and O–H groups in total. The highest BCUT2D eigenvalue weighted by molar-refractivity contribution is 7.80. The van der Waals surface area contributed by atoms with Crippen LogP contribution in [0.25, 0.3) is 0 Å². The second-order valence-electron chi connectivity index (χ2n) is 1.76. The van der Waals surface area contributed by atoms with Gasteiger partial charge in [-0.2, -0.15) is 0 Å². The molecule has 0 saturated carbocycles. The fourth-order valence-corrected chi connectivity index (χ4v) is 0.824. The predicted octanol–water partition coefficient (Wildman–Crippen LogP) is 1.54. The predicted molar refractivity (Wildman–Crippen MR) is 39.2 cm³/mol. The number of hydrogen-bond donors (Lipinski definition) is 1. The molecule has 0 aliphatic carbocycles. The van der Waals surface area contributed by atoms with Gasteiger partial charge in [0.1, 0.15) is 0 Å². The minimum absolute atomic E-state index is 0.207. The first-order chi connectivity index (χ1) is 3.81. The molecule has 8 heavy (non-hydrogen) atoms. The Kier molecular flexibility index (Phi) is 5.22. The number of thiocarbonyl (C=S) groups is 1. The van der Waals surface area contributed by atoms with Gasteiger partial charge >= 0.3 is 0 Å². The molecule has 48 valence electrons. The van der Waals surface area contributed by atoms with Crippen LogP contribution < -0.4 is 0 Å². The maximum atomic E-state index is 8.38. The minimum atomic E-state index is 0.207. The summed E-state index contributed by atoms with van der Waals surface area (Å²) in [5.74, 6) is 0. The molecule has 0 amide bonds. The van der Waals surface area contributed by atoms with Crippen LogP contribution in [0, 0.1) is 0 Å². The Balaban J connectivity index is 3.06. The number of aliphatic hydroxyl groups excluding tert-OH is 1. The van der Waals surface area contributed by atoms with E-state index in [2.05, 4.69) is 6.92 Å². The molecular weight excluding hydrogens is 120 g/mol. The van der Waals surface area contributed by atoms with Crippen LogP contribution in [0.5, 0.6) is 0 Å². The van der Waals surface area contributed by atoms with Gasteiger partial charge in [0, 0.05) is 13.0 Å². The molecule has 1 nitrogen and oxygen atoms in total. The quantitative estimate of drug-likeness (QED) is 0.585. The zero-order valence-electron chi connectivity index (χ0n) is 5.18. The molecule has 0 aromatic rings. The minimum Gasteiger partial charge on any atom is -0.396 e. The van der Waals surface area contributed by atoms with Crippen LogP contribution in [-0.2, 0) is 0 Å². The van der Waals surface area contributed by atoms with Crippen LogP contribution >= 0.6 is 12.2 Å². The topological polar surface area (TPSA) is 20.2 Å². The van der Waals surface area contributed by atoms with E-state index in [1.165, 1.54) is 0 Å². The number of aliphatic hydroxyl groups is 1. The van der Waals surface area contributed by atoms with E-state index in [0.717, 1.165) is 17.7 Å². The Morgan fingerprint density at radius 2 is 2.12 bits per heavy atom. The molecule has 0 aromatic heterocycles. The van der Waals surface area contributed by atoms with Crippen molar-refractivity contribution in [3.8, 4) is 0 Å². The fourth-order valence-electron chi connectivity index (χ4n) is 0.529. The van der Waals surface area contributed by atoms with Crippen LogP contribution in [0.4, 0.5) is 0 Å². The zero-order chi connectivity index (χ0) is 6.41. The van der Waals surface area contributed by atoms with Crippen LogP contribution in [0.3, 0.4) is 0 Å². The first kappa shape index (κ1) is 8.05. The standard InChI is InChI=1S/C6H12OS/c1-2-3-6(8)4-5-7/h7H,2-5H2,1H3. The Morgan fingerprint density at radius 3 is 2.50 bits per heavy atom. The van der Waals surface area contributed by atoms with Gasteiger partial charge in [-0.3, -0.25) is 0 Å². The second-order valence-corrected chi connectivity index (χ2v) is 2.34. The van der Waals surface area contributed by atoms with E-state index in [1.807, 2.05) is 0 Å². The molecule has 0 atom stereocenters. The average Bonchev–Trinajstić information content (AvgIpc) is 1.68. The third-order valence-electron chi connectivity index (χ3n) is 0.919. The first-order valence-electron chi connectivity index (χ1n) is 2.93. The van der Waals surface area contributed by atoms with Crippen LogP contribution in [0.15, 0.2) is 0 Å². The van der Waals surface area contributed by atoms with Gasteiger partial charge in [0.05, 0.1) is 0 Å². The molecule has 0 heterocycles. The van der Waals surface area contributed by atoms with Crippen molar-refractivity contribution in [3.05, 3.63) is 0 Å². The summed E-state index contributed by atoms with van der Waals surface area (Å²) in [5.41, 5.74) is 0. The Labute approximate surface area is 55.7 Å². The van der Waals surface area contributed by atoms with Gasteiger partial charge in [0.2, 0.25) is 0 Å². The van der Waals surface area contributed by atoms with E-state index < -0.39 is 0 Å². The Hall–Kier alpha value is 0.0500. The maximum Gasteiger partial charge on any atom is 0.0476 e. The van der Waals surface area contributed by atoms with E-state index in [0.29, 0.717) is 6.42 Å². The highest BCUT2D eigenvalue weighted by Gasteiger charge is 1.90. The molecule has 0 saturated heterocycles. The van der Waals surface area contributed by atoms with E-state index in [1.54, 1.807) is 0 Å². The summed E-state index contributed by atoms with van der Waals surface area (Å²) < 4.78 is 0. The van der Waals surface area contributed by atoms with Crippen molar-refractivity contribution in [1.29, 1.82) is 0 Å². The molecule has 0 rings (SSSR count). The molecule has 0 spiro atoms.